The molecule has 0 unspecified atom stereocenters. The van der Waals surface area contributed by atoms with E-state index in [1.54, 1.807) is 13.0 Å². The molecule has 6 heteroatoms. The molecule has 0 saturated heterocycles. The Morgan fingerprint density at radius 3 is 2.60 bits per heavy atom. The van der Waals surface area contributed by atoms with Gasteiger partial charge >= 0.3 is 6.03 Å². The molecule has 0 spiro atoms. The number of carbonyl (C=O) groups excluding carboxylic acids is 2. The van der Waals surface area contributed by atoms with Crippen LogP contribution in [0.5, 0.6) is 5.75 Å². The molecule has 0 heterocycles. The van der Waals surface area contributed by atoms with Crippen molar-refractivity contribution in [3.05, 3.63) is 29.3 Å². The summed E-state index contributed by atoms with van der Waals surface area (Å²) in [6, 6.07) is 3.67. The molecule has 5 N–H and O–H groups in total. The van der Waals surface area contributed by atoms with Gasteiger partial charge in [-0.1, -0.05) is 11.6 Å². The number of urea groups is 1. The SMILES string of the molecule is Cc1ccc(O)c(C(=O)NNC(N)=O)c1. The standard InChI is InChI=1S/C9H11N3O3/c1-5-2-3-7(13)6(4-5)8(14)11-12-9(10)15/h2-4,13H,1H3,(H,11,14)(H3,10,12,15). The largest absolute Gasteiger partial charge is 0.507 e. The number of phenolic OH excluding ortho intramolecular Hbond substituents is 1. The monoisotopic (exact) mass is 209 g/mol. The number of primary amides is 1. The number of aryl methyl sites for hydroxylation is 1. The molecule has 0 aromatic heterocycles. The molecule has 15 heavy (non-hydrogen) atoms. The van der Waals surface area contributed by atoms with Crippen molar-refractivity contribution < 1.29 is 14.7 Å². The summed E-state index contributed by atoms with van der Waals surface area (Å²) in [6.45, 7) is 1.78. The number of amides is 3. The first-order valence-electron chi connectivity index (χ1n) is 4.16. The zero-order valence-corrected chi connectivity index (χ0v) is 8.07. The van der Waals surface area contributed by atoms with Gasteiger partial charge in [-0.15, -0.1) is 0 Å². The number of hydrogen-bond donors (Lipinski definition) is 4. The lowest BCUT2D eigenvalue weighted by molar-refractivity contribution is 0.0934. The topological polar surface area (TPSA) is 104 Å². The number of carbonyl (C=O) groups is 2. The van der Waals surface area contributed by atoms with Crippen LogP contribution in [0.4, 0.5) is 4.79 Å². The van der Waals surface area contributed by atoms with Crippen LogP contribution in [0.2, 0.25) is 0 Å². The third-order valence-corrected chi connectivity index (χ3v) is 1.70. The quantitative estimate of drug-likeness (QED) is 0.490. The second-order valence-electron chi connectivity index (χ2n) is 2.96. The Morgan fingerprint density at radius 1 is 1.33 bits per heavy atom. The van der Waals surface area contributed by atoms with E-state index in [4.69, 9.17) is 5.73 Å². The van der Waals surface area contributed by atoms with E-state index in [9.17, 15) is 14.7 Å². The van der Waals surface area contributed by atoms with Crippen LogP contribution < -0.4 is 16.6 Å². The number of hydrazine groups is 1. The van der Waals surface area contributed by atoms with Crippen molar-refractivity contribution in [1.29, 1.82) is 0 Å². The van der Waals surface area contributed by atoms with E-state index in [-0.39, 0.29) is 11.3 Å². The summed E-state index contributed by atoms with van der Waals surface area (Å²) in [5.74, 6) is -0.792. The third kappa shape index (κ3) is 2.87. The van der Waals surface area contributed by atoms with Crippen molar-refractivity contribution >= 4 is 11.9 Å². The first-order chi connectivity index (χ1) is 7.00. The molecule has 1 rings (SSSR count). The Balaban J connectivity index is 2.81. The fourth-order valence-electron chi connectivity index (χ4n) is 1.02. The second kappa shape index (κ2) is 4.32. The normalized spacial score (nSPS) is 9.40. The molecule has 0 aliphatic rings. The number of hydrogen-bond acceptors (Lipinski definition) is 3. The first-order valence-corrected chi connectivity index (χ1v) is 4.16. The van der Waals surface area contributed by atoms with Gasteiger partial charge in [0.05, 0.1) is 5.56 Å². The molecular formula is C9H11N3O3. The Morgan fingerprint density at radius 2 is 2.00 bits per heavy atom. The van der Waals surface area contributed by atoms with E-state index in [1.807, 2.05) is 10.9 Å². The number of nitrogens with one attached hydrogen (secondary N) is 2. The predicted octanol–water partition coefficient (Wildman–Crippen LogP) is 0.0137. The van der Waals surface area contributed by atoms with Crippen molar-refractivity contribution in [2.24, 2.45) is 5.73 Å². The van der Waals surface area contributed by atoms with Gasteiger partial charge in [-0.2, -0.15) is 0 Å². The Hall–Kier alpha value is -2.24. The average Bonchev–Trinajstić information content (AvgIpc) is 2.18. The molecule has 3 amide bonds. The maximum atomic E-state index is 11.4. The van der Waals surface area contributed by atoms with Crippen molar-refractivity contribution in [2.75, 3.05) is 0 Å². The van der Waals surface area contributed by atoms with Crippen LogP contribution in [-0.4, -0.2) is 17.0 Å². The highest BCUT2D eigenvalue weighted by Crippen LogP contribution is 2.17. The summed E-state index contributed by atoms with van der Waals surface area (Å²) < 4.78 is 0. The van der Waals surface area contributed by atoms with Gasteiger partial charge in [0.15, 0.2) is 0 Å². The van der Waals surface area contributed by atoms with Gasteiger partial charge in [0, 0.05) is 0 Å². The maximum absolute atomic E-state index is 11.4. The van der Waals surface area contributed by atoms with Gasteiger partial charge in [-0.05, 0) is 19.1 Å². The molecule has 0 saturated carbocycles. The minimum atomic E-state index is -0.879. The minimum Gasteiger partial charge on any atom is -0.507 e. The number of rotatable bonds is 1. The van der Waals surface area contributed by atoms with Crippen LogP contribution in [-0.2, 0) is 0 Å². The lowest BCUT2D eigenvalue weighted by Crippen LogP contribution is -2.44. The molecular weight excluding hydrogens is 198 g/mol. The number of phenols is 1. The highest BCUT2D eigenvalue weighted by molar-refractivity contribution is 5.97. The molecule has 0 radical (unpaired) electrons. The lowest BCUT2D eigenvalue weighted by Gasteiger charge is -2.06. The van der Waals surface area contributed by atoms with E-state index in [2.05, 4.69) is 0 Å². The van der Waals surface area contributed by atoms with Gasteiger partial charge in [0.1, 0.15) is 5.75 Å². The third-order valence-electron chi connectivity index (χ3n) is 1.70. The lowest BCUT2D eigenvalue weighted by atomic mass is 10.1. The van der Waals surface area contributed by atoms with Gasteiger partial charge in [-0.25, -0.2) is 10.2 Å². The molecule has 0 aliphatic heterocycles. The van der Waals surface area contributed by atoms with Crippen LogP contribution in [0.1, 0.15) is 15.9 Å². The zero-order valence-electron chi connectivity index (χ0n) is 8.07. The first kappa shape index (κ1) is 10.8. The summed E-state index contributed by atoms with van der Waals surface area (Å²) in [5, 5.41) is 9.37. The van der Waals surface area contributed by atoms with Gasteiger partial charge in [0.2, 0.25) is 0 Å². The van der Waals surface area contributed by atoms with Gasteiger partial charge in [0.25, 0.3) is 5.91 Å². The molecule has 1 aromatic carbocycles. The number of benzene rings is 1. The van der Waals surface area contributed by atoms with E-state index in [1.165, 1.54) is 12.1 Å². The Bertz CT molecular complexity index is 404. The summed E-state index contributed by atoms with van der Waals surface area (Å²) in [5.41, 5.74) is 9.61. The van der Waals surface area contributed by atoms with E-state index >= 15 is 0 Å². The fraction of sp³-hybridized carbons (Fsp3) is 0.111. The molecule has 0 bridgehead atoms. The maximum Gasteiger partial charge on any atom is 0.330 e. The Kier molecular flexibility index (Phi) is 3.12. The molecule has 0 atom stereocenters. The van der Waals surface area contributed by atoms with Crippen LogP contribution in [0.25, 0.3) is 0 Å². The number of aromatic hydroxyl groups is 1. The van der Waals surface area contributed by atoms with Crippen LogP contribution in [0.15, 0.2) is 18.2 Å². The van der Waals surface area contributed by atoms with Crippen LogP contribution in [0, 0.1) is 6.92 Å². The molecule has 1 aromatic rings. The van der Waals surface area contributed by atoms with Crippen LogP contribution in [0.3, 0.4) is 0 Å². The van der Waals surface area contributed by atoms with E-state index in [0.29, 0.717) is 0 Å². The highest BCUT2D eigenvalue weighted by atomic mass is 16.3. The number of nitrogens with two attached hydrogens (primary N) is 1. The fourth-order valence-corrected chi connectivity index (χ4v) is 1.02. The summed E-state index contributed by atoms with van der Waals surface area (Å²) in [4.78, 5) is 21.7. The van der Waals surface area contributed by atoms with Crippen LogP contribution >= 0.6 is 0 Å². The van der Waals surface area contributed by atoms with Crippen molar-refractivity contribution in [3.8, 4) is 5.75 Å². The zero-order chi connectivity index (χ0) is 11.4. The van der Waals surface area contributed by atoms with Crippen molar-refractivity contribution in [1.82, 2.24) is 10.9 Å². The average molecular weight is 209 g/mol. The minimum absolute atomic E-state index is 0.0729. The highest BCUT2D eigenvalue weighted by Gasteiger charge is 2.10. The van der Waals surface area contributed by atoms with Gasteiger partial charge in [-0.3, -0.25) is 10.2 Å². The van der Waals surface area contributed by atoms with E-state index in [0.717, 1.165) is 5.56 Å². The van der Waals surface area contributed by atoms with E-state index < -0.39 is 11.9 Å². The summed E-state index contributed by atoms with van der Waals surface area (Å²) >= 11 is 0. The van der Waals surface area contributed by atoms with Crippen molar-refractivity contribution in [2.45, 2.75) is 6.92 Å². The molecule has 0 fully saturated rings. The molecule has 6 nitrogen and oxygen atoms in total. The predicted molar refractivity (Wildman–Crippen MR) is 53.0 cm³/mol. The molecule has 80 valence electrons. The van der Waals surface area contributed by atoms with Gasteiger partial charge < -0.3 is 10.8 Å². The smallest absolute Gasteiger partial charge is 0.330 e. The molecule has 0 aliphatic carbocycles. The summed E-state index contributed by atoms with van der Waals surface area (Å²) in [7, 11) is 0. The van der Waals surface area contributed by atoms with Crippen molar-refractivity contribution in [3.63, 3.8) is 0 Å². The summed E-state index contributed by atoms with van der Waals surface area (Å²) in [6.07, 6.45) is 0. The Labute approximate surface area is 86.1 Å². The second-order valence-corrected chi connectivity index (χ2v) is 2.96.